The predicted molar refractivity (Wildman–Crippen MR) is 80.6 cm³/mol. The fourth-order valence-electron chi connectivity index (χ4n) is 2.98. The van der Waals surface area contributed by atoms with Crippen LogP contribution in [-0.2, 0) is 0 Å². The van der Waals surface area contributed by atoms with Crippen LogP contribution in [0.1, 0.15) is 35.8 Å². The van der Waals surface area contributed by atoms with E-state index in [9.17, 15) is 0 Å². The molecule has 1 N–H and O–H groups in total. The van der Waals surface area contributed by atoms with Crippen LogP contribution in [0.5, 0.6) is 5.75 Å². The van der Waals surface area contributed by atoms with E-state index in [2.05, 4.69) is 15.5 Å². The van der Waals surface area contributed by atoms with Gasteiger partial charge in [-0.25, -0.2) is 0 Å². The number of aryl methyl sites for hydroxylation is 2. The Morgan fingerprint density at radius 1 is 1.29 bits per heavy atom. The van der Waals surface area contributed by atoms with Gasteiger partial charge in [0.1, 0.15) is 5.75 Å². The molecule has 1 fully saturated rings. The highest BCUT2D eigenvalue weighted by Gasteiger charge is 2.22. The Balaban J connectivity index is 1.89. The highest BCUT2D eigenvalue weighted by molar-refractivity contribution is 5.61. The summed E-state index contributed by atoms with van der Waals surface area (Å²) in [6.07, 6.45) is 2.26. The minimum Gasteiger partial charge on any atom is -0.496 e. The maximum absolute atomic E-state index is 5.46. The second kappa shape index (κ2) is 5.85. The van der Waals surface area contributed by atoms with Crippen molar-refractivity contribution in [3.63, 3.8) is 0 Å². The Morgan fingerprint density at radius 3 is 2.67 bits per heavy atom. The number of benzene rings is 1. The average Bonchev–Trinajstić information content (AvgIpc) is 2.97. The van der Waals surface area contributed by atoms with E-state index in [0.717, 1.165) is 54.3 Å². The highest BCUT2D eigenvalue weighted by Crippen LogP contribution is 2.30. The number of nitrogens with zero attached hydrogens (tertiary/aromatic N) is 2. The molecule has 0 bridgehead atoms. The van der Waals surface area contributed by atoms with Crippen molar-refractivity contribution in [2.45, 2.75) is 32.6 Å². The molecule has 0 amide bonds. The van der Waals surface area contributed by atoms with Crippen molar-refractivity contribution >= 4 is 0 Å². The van der Waals surface area contributed by atoms with Gasteiger partial charge in [0.2, 0.25) is 11.7 Å². The van der Waals surface area contributed by atoms with E-state index < -0.39 is 0 Å². The van der Waals surface area contributed by atoms with Crippen LogP contribution >= 0.6 is 0 Å². The summed E-state index contributed by atoms with van der Waals surface area (Å²) in [5.41, 5.74) is 3.14. The molecule has 1 aromatic heterocycles. The van der Waals surface area contributed by atoms with Crippen molar-refractivity contribution in [1.82, 2.24) is 15.5 Å². The van der Waals surface area contributed by atoms with Crippen LogP contribution in [0.4, 0.5) is 0 Å². The molecule has 5 nitrogen and oxygen atoms in total. The van der Waals surface area contributed by atoms with Crippen LogP contribution in [-0.4, -0.2) is 30.3 Å². The van der Waals surface area contributed by atoms with E-state index in [1.165, 1.54) is 0 Å². The van der Waals surface area contributed by atoms with E-state index in [1.54, 1.807) is 7.11 Å². The maximum Gasteiger partial charge on any atom is 0.231 e. The zero-order chi connectivity index (χ0) is 14.8. The first-order chi connectivity index (χ1) is 10.2. The van der Waals surface area contributed by atoms with E-state index >= 15 is 0 Å². The molecular formula is C16H21N3O2. The van der Waals surface area contributed by atoms with Crippen molar-refractivity contribution in [3.8, 4) is 17.1 Å². The molecular weight excluding hydrogens is 266 g/mol. The second-order valence-electron chi connectivity index (χ2n) is 5.64. The van der Waals surface area contributed by atoms with E-state index in [1.807, 2.05) is 26.0 Å². The number of hydrogen-bond donors (Lipinski definition) is 1. The Labute approximate surface area is 124 Å². The second-order valence-corrected chi connectivity index (χ2v) is 5.64. The summed E-state index contributed by atoms with van der Waals surface area (Å²) in [5.74, 6) is 2.65. The van der Waals surface area contributed by atoms with Gasteiger partial charge in [-0.3, -0.25) is 0 Å². The summed E-state index contributed by atoms with van der Waals surface area (Å²) >= 11 is 0. The molecule has 3 rings (SSSR count). The first-order valence-corrected chi connectivity index (χ1v) is 7.39. The molecule has 5 heteroatoms. The normalized spacial score (nSPS) is 18.7. The molecule has 0 radical (unpaired) electrons. The van der Waals surface area contributed by atoms with Crippen molar-refractivity contribution in [1.29, 1.82) is 0 Å². The standard InChI is InChI=1S/C16H21N3O2/c1-10-7-13(8-11(2)14(10)20-3)15-18-16(21-19-15)12-5-4-6-17-9-12/h7-8,12,17H,4-6,9H2,1-3H3. The van der Waals surface area contributed by atoms with Gasteiger partial charge in [-0.15, -0.1) is 0 Å². The third-order valence-electron chi connectivity index (χ3n) is 4.01. The van der Waals surface area contributed by atoms with E-state index in [4.69, 9.17) is 9.26 Å². The molecule has 1 unspecified atom stereocenters. The lowest BCUT2D eigenvalue weighted by Gasteiger charge is -2.18. The summed E-state index contributed by atoms with van der Waals surface area (Å²) in [4.78, 5) is 4.58. The van der Waals surface area contributed by atoms with Crippen molar-refractivity contribution in [3.05, 3.63) is 29.2 Å². The largest absolute Gasteiger partial charge is 0.496 e. The lowest BCUT2D eigenvalue weighted by atomic mass is 10.00. The molecule has 1 atom stereocenters. The number of piperidine rings is 1. The van der Waals surface area contributed by atoms with Gasteiger partial charge in [0.15, 0.2) is 0 Å². The molecule has 2 heterocycles. The molecule has 1 aromatic carbocycles. The average molecular weight is 287 g/mol. The molecule has 21 heavy (non-hydrogen) atoms. The van der Waals surface area contributed by atoms with Gasteiger partial charge in [-0.05, 0) is 56.5 Å². The lowest BCUT2D eigenvalue weighted by Crippen LogP contribution is -2.28. The fraction of sp³-hybridized carbons (Fsp3) is 0.500. The highest BCUT2D eigenvalue weighted by atomic mass is 16.5. The minimum absolute atomic E-state index is 0.334. The van der Waals surface area contributed by atoms with Crippen molar-refractivity contribution in [2.24, 2.45) is 0 Å². The number of ether oxygens (including phenoxy) is 1. The van der Waals surface area contributed by atoms with Crippen LogP contribution in [0.3, 0.4) is 0 Å². The third-order valence-corrected chi connectivity index (χ3v) is 4.01. The van der Waals surface area contributed by atoms with Gasteiger partial charge in [-0.1, -0.05) is 5.16 Å². The van der Waals surface area contributed by atoms with E-state index in [0.29, 0.717) is 11.7 Å². The molecule has 1 saturated heterocycles. The number of methoxy groups -OCH3 is 1. The van der Waals surface area contributed by atoms with Crippen LogP contribution in [0, 0.1) is 13.8 Å². The summed E-state index contributed by atoms with van der Waals surface area (Å²) in [5, 5.41) is 7.52. The molecule has 112 valence electrons. The number of rotatable bonds is 3. The number of nitrogens with one attached hydrogen (secondary N) is 1. The van der Waals surface area contributed by atoms with Gasteiger partial charge < -0.3 is 14.6 Å². The third kappa shape index (κ3) is 2.78. The Morgan fingerprint density at radius 2 is 2.05 bits per heavy atom. The molecule has 1 aliphatic rings. The van der Waals surface area contributed by atoms with Gasteiger partial charge >= 0.3 is 0 Å². The molecule has 0 spiro atoms. The Hall–Kier alpha value is -1.88. The van der Waals surface area contributed by atoms with Gasteiger partial charge in [0.05, 0.1) is 13.0 Å². The summed E-state index contributed by atoms with van der Waals surface area (Å²) in [7, 11) is 1.69. The van der Waals surface area contributed by atoms with Crippen molar-refractivity contribution in [2.75, 3.05) is 20.2 Å². The van der Waals surface area contributed by atoms with Crippen LogP contribution < -0.4 is 10.1 Å². The summed E-state index contributed by atoms with van der Waals surface area (Å²) in [6.45, 7) is 6.05. The zero-order valence-electron chi connectivity index (χ0n) is 12.8. The first-order valence-electron chi connectivity index (χ1n) is 7.39. The predicted octanol–water partition coefficient (Wildman–Crippen LogP) is 2.83. The molecule has 0 saturated carbocycles. The topological polar surface area (TPSA) is 60.2 Å². The van der Waals surface area contributed by atoms with E-state index in [-0.39, 0.29) is 0 Å². The van der Waals surface area contributed by atoms with Crippen molar-refractivity contribution < 1.29 is 9.26 Å². The van der Waals surface area contributed by atoms with Crippen LogP contribution in [0.2, 0.25) is 0 Å². The Bertz CT molecular complexity index is 607. The monoisotopic (exact) mass is 287 g/mol. The summed E-state index contributed by atoms with van der Waals surface area (Å²) in [6, 6.07) is 4.08. The van der Waals surface area contributed by atoms with Gasteiger partial charge in [0.25, 0.3) is 0 Å². The SMILES string of the molecule is COc1c(C)cc(-c2noc(C3CCCNC3)n2)cc1C. The molecule has 1 aliphatic heterocycles. The maximum atomic E-state index is 5.46. The molecule has 0 aliphatic carbocycles. The van der Waals surface area contributed by atoms with Gasteiger partial charge in [-0.2, -0.15) is 4.98 Å². The molecule has 2 aromatic rings. The zero-order valence-corrected chi connectivity index (χ0v) is 12.8. The number of aromatic nitrogens is 2. The van der Waals surface area contributed by atoms with Gasteiger partial charge in [0, 0.05) is 12.1 Å². The lowest BCUT2D eigenvalue weighted by molar-refractivity contribution is 0.322. The minimum atomic E-state index is 0.334. The number of hydrogen-bond acceptors (Lipinski definition) is 5. The Kier molecular flexibility index (Phi) is 3.92. The van der Waals surface area contributed by atoms with Crippen LogP contribution in [0.25, 0.3) is 11.4 Å². The van der Waals surface area contributed by atoms with Crippen LogP contribution in [0.15, 0.2) is 16.7 Å². The summed E-state index contributed by atoms with van der Waals surface area (Å²) < 4.78 is 10.9. The fourth-order valence-corrected chi connectivity index (χ4v) is 2.98. The smallest absolute Gasteiger partial charge is 0.231 e. The quantitative estimate of drug-likeness (QED) is 0.940. The first kappa shape index (κ1) is 14.1.